The molecule has 1 spiro atoms. The molecule has 7 heteroatoms. The van der Waals surface area contributed by atoms with Crippen LogP contribution in [0.3, 0.4) is 0 Å². The summed E-state index contributed by atoms with van der Waals surface area (Å²) in [6.45, 7) is 3.83. The van der Waals surface area contributed by atoms with Gasteiger partial charge in [0.25, 0.3) is 5.69 Å². The van der Waals surface area contributed by atoms with Crippen LogP contribution in [0.25, 0.3) is 0 Å². The molecule has 0 saturated carbocycles. The molecular weight excluding hydrogens is 318 g/mol. The Bertz CT molecular complexity index is 560. The molecule has 1 amide bonds. The zero-order valence-corrected chi connectivity index (χ0v) is 13.8. The number of piperidine rings is 1. The molecule has 3 rings (SSSR count). The molecule has 0 bridgehead atoms. The topological polar surface area (TPSA) is 75.5 Å². The van der Waals surface area contributed by atoms with Gasteiger partial charge in [-0.25, -0.2) is 0 Å². The highest BCUT2D eigenvalue weighted by atomic mass is 35.5. The molecule has 2 aliphatic heterocycles. The minimum absolute atomic E-state index is 0. The molecule has 0 unspecified atom stereocenters. The number of carbonyl (C=O) groups is 1. The Balaban J connectivity index is 0.00000192. The molecule has 1 aromatic rings. The van der Waals surface area contributed by atoms with Crippen molar-refractivity contribution in [3.8, 4) is 0 Å². The van der Waals surface area contributed by atoms with Gasteiger partial charge in [0.1, 0.15) is 0 Å². The van der Waals surface area contributed by atoms with Crippen molar-refractivity contribution in [1.29, 1.82) is 0 Å². The summed E-state index contributed by atoms with van der Waals surface area (Å²) in [5.41, 5.74) is 1.30. The average Bonchev–Trinajstić information content (AvgIpc) is 2.96. The van der Waals surface area contributed by atoms with E-state index in [1.165, 1.54) is 18.6 Å². The van der Waals surface area contributed by atoms with Crippen molar-refractivity contribution in [2.45, 2.75) is 25.7 Å². The van der Waals surface area contributed by atoms with Gasteiger partial charge in [0, 0.05) is 31.8 Å². The number of nitrogens with one attached hydrogen (secondary N) is 1. The van der Waals surface area contributed by atoms with Crippen molar-refractivity contribution in [3.05, 3.63) is 39.9 Å². The molecule has 0 aromatic heterocycles. The lowest BCUT2D eigenvalue weighted by molar-refractivity contribution is -0.384. The Kier molecular flexibility index (Phi) is 5.59. The van der Waals surface area contributed by atoms with E-state index in [9.17, 15) is 14.9 Å². The van der Waals surface area contributed by atoms with Crippen LogP contribution in [-0.2, 0) is 11.2 Å². The van der Waals surface area contributed by atoms with Crippen LogP contribution in [0.4, 0.5) is 5.69 Å². The zero-order valence-electron chi connectivity index (χ0n) is 13.0. The largest absolute Gasteiger partial charge is 0.342 e. The quantitative estimate of drug-likeness (QED) is 0.676. The number of hydrogen-bond donors (Lipinski definition) is 1. The summed E-state index contributed by atoms with van der Waals surface area (Å²) >= 11 is 0. The van der Waals surface area contributed by atoms with Crippen molar-refractivity contribution in [2.75, 3.05) is 26.2 Å². The number of rotatable bonds is 3. The predicted molar refractivity (Wildman–Crippen MR) is 89.8 cm³/mol. The van der Waals surface area contributed by atoms with Crippen molar-refractivity contribution < 1.29 is 9.72 Å². The van der Waals surface area contributed by atoms with Crippen LogP contribution < -0.4 is 5.32 Å². The lowest BCUT2D eigenvalue weighted by Crippen LogP contribution is -2.44. The van der Waals surface area contributed by atoms with E-state index in [0.717, 1.165) is 44.6 Å². The Morgan fingerprint density at radius 3 is 2.39 bits per heavy atom. The fraction of sp³-hybridized carbons (Fsp3) is 0.562. The molecule has 1 aromatic carbocycles. The van der Waals surface area contributed by atoms with Gasteiger partial charge in [-0.15, -0.1) is 12.4 Å². The summed E-state index contributed by atoms with van der Waals surface area (Å²) in [5.74, 6) is 0.120. The van der Waals surface area contributed by atoms with E-state index < -0.39 is 4.92 Å². The molecule has 2 saturated heterocycles. The minimum Gasteiger partial charge on any atom is -0.342 e. The maximum absolute atomic E-state index is 12.4. The highest BCUT2D eigenvalue weighted by molar-refractivity contribution is 5.85. The fourth-order valence-corrected chi connectivity index (χ4v) is 3.47. The third kappa shape index (κ3) is 4.00. The van der Waals surface area contributed by atoms with Gasteiger partial charge in [-0.05, 0) is 36.8 Å². The average molecular weight is 340 g/mol. The normalized spacial score (nSPS) is 19.4. The highest BCUT2D eigenvalue weighted by Crippen LogP contribution is 2.36. The molecule has 1 N–H and O–H groups in total. The second kappa shape index (κ2) is 7.27. The molecule has 0 aliphatic carbocycles. The van der Waals surface area contributed by atoms with Gasteiger partial charge < -0.3 is 10.2 Å². The van der Waals surface area contributed by atoms with E-state index in [-0.39, 0.29) is 24.0 Å². The number of benzene rings is 1. The first-order chi connectivity index (χ1) is 10.6. The zero-order chi connectivity index (χ0) is 15.6. The van der Waals surface area contributed by atoms with Gasteiger partial charge >= 0.3 is 0 Å². The van der Waals surface area contributed by atoms with Gasteiger partial charge in [0.2, 0.25) is 5.91 Å². The molecule has 0 atom stereocenters. The molecule has 2 aliphatic rings. The lowest BCUT2D eigenvalue weighted by atomic mass is 9.78. The predicted octanol–water partition coefficient (Wildman–Crippen LogP) is 2.16. The number of non-ortho nitro benzene ring substituents is 1. The number of halogens is 1. The summed E-state index contributed by atoms with van der Waals surface area (Å²) in [6, 6.07) is 6.25. The van der Waals surface area contributed by atoms with E-state index in [0.29, 0.717) is 11.8 Å². The Hall–Kier alpha value is -1.66. The van der Waals surface area contributed by atoms with Crippen LogP contribution >= 0.6 is 12.4 Å². The second-order valence-electron chi connectivity index (χ2n) is 6.41. The van der Waals surface area contributed by atoms with Gasteiger partial charge in [0.15, 0.2) is 0 Å². The first kappa shape index (κ1) is 17.7. The smallest absolute Gasteiger partial charge is 0.269 e. The number of nitro groups is 1. The van der Waals surface area contributed by atoms with Gasteiger partial charge in [-0.2, -0.15) is 0 Å². The van der Waals surface area contributed by atoms with Gasteiger partial charge in [-0.3, -0.25) is 14.9 Å². The SMILES string of the molecule is Cl.O=C(Cc1ccc([N+](=O)[O-])cc1)N1CCC2(CCNC2)CC1. The molecule has 2 fully saturated rings. The number of likely N-dealkylation sites (tertiary alicyclic amines) is 1. The van der Waals surface area contributed by atoms with Crippen LogP contribution in [0.5, 0.6) is 0 Å². The summed E-state index contributed by atoms with van der Waals surface area (Å²) < 4.78 is 0. The first-order valence-corrected chi connectivity index (χ1v) is 7.80. The standard InChI is InChI=1S/C16H21N3O3.ClH/c20-15(11-13-1-3-14(4-2-13)19(21)22)18-9-6-16(7-10-18)5-8-17-12-16;/h1-4,17H,5-12H2;1H. The van der Waals surface area contributed by atoms with Crippen LogP contribution in [-0.4, -0.2) is 41.9 Å². The van der Waals surface area contributed by atoms with Crippen LogP contribution in [0.2, 0.25) is 0 Å². The van der Waals surface area contributed by atoms with Crippen molar-refractivity contribution in [1.82, 2.24) is 10.2 Å². The third-order valence-electron chi connectivity index (χ3n) is 5.01. The number of amides is 1. The van der Waals surface area contributed by atoms with E-state index in [2.05, 4.69) is 5.32 Å². The molecular formula is C16H22ClN3O3. The number of carbonyl (C=O) groups excluding carboxylic acids is 1. The first-order valence-electron chi connectivity index (χ1n) is 7.80. The van der Waals surface area contributed by atoms with Gasteiger partial charge in [0.05, 0.1) is 11.3 Å². The molecule has 0 radical (unpaired) electrons. The van der Waals surface area contributed by atoms with E-state index in [1.807, 2.05) is 4.90 Å². The number of nitro benzene ring substituents is 1. The molecule has 2 heterocycles. The number of nitrogens with zero attached hydrogens (tertiary/aromatic N) is 2. The molecule has 23 heavy (non-hydrogen) atoms. The van der Waals surface area contributed by atoms with Crippen molar-refractivity contribution in [3.63, 3.8) is 0 Å². The van der Waals surface area contributed by atoms with Crippen LogP contribution in [0.1, 0.15) is 24.8 Å². The van der Waals surface area contributed by atoms with Crippen LogP contribution in [0, 0.1) is 15.5 Å². The summed E-state index contributed by atoms with van der Waals surface area (Å²) in [4.78, 5) is 24.5. The minimum atomic E-state index is -0.425. The fourth-order valence-electron chi connectivity index (χ4n) is 3.47. The van der Waals surface area contributed by atoms with Crippen molar-refractivity contribution in [2.24, 2.45) is 5.41 Å². The van der Waals surface area contributed by atoms with E-state index >= 15 is 0 Å². The van der Waals surface area contributed by atoms with E-state index in [1.54, 1.807) is 12.1 Å². The second-order valence-corrected chi connectivity index (χ2v) is 6.41. The number of hydrogen-bond acceptors (Lipinski definition) is 4. The Labute approximate surface area is 141 Å². The van der Waals surface area contributed by atoms with E-state index in [4.69, 9.17) is 0 Å². The summed E-state index contributed by atoms with van der Waals surface area (Å²) in [7, 11) is 0. The van der Waals surface area contributed by atoms with Crippen molar-refractivity contribution >= 4 is 24.0 Å². The third-order valence-corrected chi connectivity index (χ3v) is 5.01. The van der Waals surface area contributed by atoms with Gasteiger partial charge in [-0.1, -0.05) is 12.1 Å². The Morgan fingerprint density at radius 1 is 1.22 bits per heavy atom. The monoisotopic (exact) mass is 339 g/mol. The highest BCUT2D eigenvalue weighted by Gasteiger charge is 2.37. The maximum Gasteiger partial charge on any atom is 0.269 e. The molecule has 126 valence electrons. The summed E-state index contributed by atoms with van der Waals surface area (Å²) in [5, 5.41) is 14.1. The van der Waals surface area contributed by atoms with Crippen LogP contribution in [0.15, 0.2) is 24.3 Å². The molecule has 6 nitrogen and oxygen atoms in total. The maximum atomic E-state index is 12.4. The lowest BCUT2D eigenvalue weighted by Gasteiger charge is -2.39. The Morgan fingerprint density at radius 2 is 1.87 bits per heavy atom. The summed E-state index contributed by atoms with van der Waals surface area (Å²) in [6.07, 6.45) is 3.69.